The number of nitrogens with zero attached hydrogens (tertiary/aromatic N) is 4. The molecule has 0 aromatic carbocycles. The zero-order chi connectivity index (χ0) is 14.7. The number of aryl methyl sites for hydroxylation is 2. The number of thiophene rings is 1. The third-order valence-electron chi connectivity index (χ3n) is 3.55. The fourth-order valence-electron chi connectivity index (χ4n) is 2.48. The summed E-state index contributed by atoms with van der Waals surface area (Å²) in [6.07, 6.45) is 2.21. The lowest BCUT2D eigenvalue weighted by atomic mass is 10.4. The van der Waals surface area contributed by atoms with Gasteiger partial charge in [-0.1, -0.05) is 0 Å². The van der Waals surface area contributed by atoms with Crippen molar-refractivity contribution in [2.45, 2.75) is 39.4 Å². The van der Waals surface area contributed by atoms with E-state index >= 15 is 0 Å². The minimum absolute atomic E-state index is 0.649. The van der Waals surface area contributed by atoms with Gasteiger partial charge in [0, 0.05) is 29.8 Å². The maximum atomic E-state index is 4.24. The smallest absolute Gasteiger partial charge is 0.191 e. The first-order chi connectivity index (χ1) is 10.3. The second-order valence-corrected chi connectivity index (χ2v) is 6.45. The molecule has 2 aromatic heterocycles. The van der Waals surface area contributed by atoms with Crippen molar-refractivity contribution < 1.29 is 0 Å². The number of aliphatic imine (C=N–C) groups is 1. The van der Waals surface area contributed by atoms with Crippen molar-refractivity contribution in [2.24, 2.45) is 4.99 Å². The quantitative estimate of drug-likeness (QED) is 0.663. The molecule has 2 N–H and O–H groups in total. The van der Waals surface area contributed by atoms with E-state index in [9.17, 15) is 0 Å². The van der Waals surface area contributed by atoms with Gasteiger partial charge in [-0.05, 0) is 25.5 Å². The van der Waals surface area contributed by atoms with Crippen molar-refractivity contribution in [1.29, 1.82) is 0 Å². The third kappa shape index (κ3) is 3.24. The van der Waals surface area contributed by atoms with E-state index in [1.165, 1.54) is 16.2 Å². The lowest BCUT2D eigenvalue weighted by Crippen LogP contribution is -2.36. The highest BCUT2D eigenvalue weighted by Gasteiger charge is 2.16. The largest absolute Gasteiger partial charge is 0.352 e. The molecule has 0 saturated heterocycles. The summed E-state index contributed by atoms with van der Waals surface area (Å²) in [6, 6.07) is 4.28. The molecule has 0 fully saturated rings. The van der Waals surface area contributed by atoms with Crippen LogP contribution in [0.4, 0.5) is 0 Å². The van der Waals surface area contributed by atoms with Gasteiger partial charge in [-0.25, -0.2) is 0 Å². The van der Waals surface area contributed by atoms with E-state index in [0.717, 1.165) is 37.1 Å². The van der Waals surface area contributed by atoms with Crippen molar-refractivity contribution in [1.82, 2.24) is 25.4 Å². The van der Waals surface area contributed by atoms with Crippen LogP contribution in [-0.4, -0.2) is 27.8 Å². The van der Waals surface area contributed by atoms with Gasteiger partial charge in [-0.15, -0.1) is 21.5 Å². The summed E-state index contributed by atoms with van der Waals surface area (Å²) in [5.41, 5.74) is 0. The maximum Gasteiger partial charge on any atom is 0.191 e. The Kier molecular flexibility index (Phi) is 4.19. The normalized spacial score (nSPS) is 14.3. The van der Waals surface area contributed by atoms with Crippen LogP contribution in [-0.2, 0) is 26.1 Å². The van der Waals surface area contributed by atoms with Gasteiger partial charge in [0.05, 0.1) is 13.1 Å². The van der Waals surface area contributed by atoms with Crippen LogP contribution in [0.3, 0.4) is 0 Å². The fourth-order valence-corrected chi connectivity index (χ4v) is 3.31. The molecule has 0 saturated carbocycles. The Labute approximate surface area is 128 Å². The highest BCUT2D eigenvalue weighted by Crippen LogP contribution is 2.15. The molecule has 3 rings (SSSR count). The van der Waals surface area contributed by atoms with Gasteiger partial charge < -0.3 is 15.2 Å². The zero-order valence-electron chi connectivity index (χ0n) is 12.4. The van der Waals surface area contributed by atoms with E-state index in [1.54, 1.807) is 18.4 Å². The molecule has 21 heavy (non-hydrogen) atoms. The number of hydrogen-bond donors (Lipinski definition) is 2. The van der Waals surface area contributed by atoms with Crippen molar-refractivity contribution in [3.8, 4) is 0 Å². The van der Waals surface area contributed by atoms with Crippen LogP contribution >= 0.6 is 11.3 Å². The van der Waals surface area contributed by atoms with Gasteiger partial charge in [0.1, 0.15) is 5.82 Å². The first kappa shape index (κ1) is 14.1. The molecule has 1 aliphatic rings. The van der Waals surface area contributed by atoms with Gasteiger partial charge in [0.25, 0.3) is 0 Å². The Hall–Kier alpha value is -1.89. The third-order valence-corrected chi connectivity index (χ3v) is 4.55. The summed E-state index contributed by atoms with van der Waals surface area (Å²) in [5.74, 6) is 2.87. The van der Waals surface area contributed by atoms with E-state index in [0.29, 0.717) is 6.54 Å². The highest BCUT2D eigenvalue weighted by atomic mass is 32.1. The molecule has 0 bridgehead atoms. The monoisotopic (exact) mass is 304 g/mol. The van der Waals surface area contributed by atoms with Crippen molar-refractivity contribution in [3.05, 3.63) is 33.5 Å². The van der Waals surface area contributed by atoms with E-state index in [4.69, 9.17) is 0 Å². The second kappa shape index (κ2) is 6.26. The molecule has 0 radical (unpaired) electrons. The number of guanidine groups is 1. The van der Waals surface area contributed by atoms with Crippen molar-refractivity contribution >= 4 is 17.3 Å². The highest BCUT2D eigenvalue weighted by molar-refractivity contribution is 7.11. The summed E-state index contributed by atoms with van der Waals surface area (Å²) in [7, 11) is 1.78. The second-order valence-electron chi connectivity index (χ2n) is 5.08. The minimum Gasteiger partial charge on any atom is -0.352 e. The van der Waals surface area contributed by atoms with E-state index < -0.39 is 0 Å². The average Bonchev–Trinajstić information content (AvgIpc) is 3.17. The van der Waals surface area contributed by atoms with Crippen LogP contribution in [0.1, 0.15) is 27.8 Å². The Morgan fingerprint density at radius 3 is 2.95 bits per heavy atom. The molecule has 0 spiro atoms. The predicted molar refractivity (Wildman–Crippen MR) is 84.4 cm³/mol. The first-order valence-corrected chi connectivity index (χ1v) is 7.98. The number of hydrogen-bond acceptors (Lipinski definition) is 4. The lowest BCUT2D eigenvalue weighted by molar-refractivity contribution is 0.663. The maximum absolute atomic E-state index is 4.24. The molecule has 2 aromatic rings. The molecule has 6 nitrogen and oxygen atoms in total. The van der Waals surface area contributed by atoms with Crippen LogP contribution in [0.15, 0.2) is 17.1 Å². The van der Waals surface area contributed by atoms with Gasteiger partial charge >= 0.3 is 0 Å². The van der Waals surface area contributed by atoms with Gasteiger partial charge in [0.15, 0.2) is 11.8 Å². The van der Waals surface area contributed by atoms with Gasteiger partial charge in [-0.3, -0.25) is 4.99 Å². The lowest BCUT2D eigenvalue weighted by Gasteiger charge is -2.11. The van der Waals surface area contributed by atoms with E-state index in [1.807, 2.05) is 0 Å². The summed E-state index contributed by atoms with van der Waals surface area (Å²) in [6.45, 7) is 4.58. The number of fused-ring (bicyclic) bond motifs is 1. The Balaban J connectivity index is 1.53. The van der Waals surface area contributed by atoms with Crippen LogP contribution in [0, 0.1) is 6.92 Å². The predicted octanol–water partition coefficient (Wildman–Crippen LogP) is 1.46. The van der Waals surface area contributed by atoms with Crippen LogP contribution in [0.25, 0.3) is 0 Å². The van der Waals surface area contributed by atoms with Gasteiger partial charge in [-0.2, -0.15) is 0 Å². The molecule has 0 aliphatic carbocycles. The van der Waals surface area contributed by atoms with E-state index in [-0.39, 0.29) is 0 Å². The molecule has 112 valence electrons. The molecule has 1 aliphatic heterocycles. The van der Waals surface area contributed by atoms with Crippen molar-refractivity contribution in [3.63, 3.8) is 0 Å². The number of nitrogens with one attached hydrogen (secondary N) is 2. The van der Waals surface area contributed by atoms with E-state index in [2.05, 4.69) is 49.4 Å². The summed E-state index contributed by atoms with van der Waals surface area (Å²) < 4.78 is 2.20. The molecule has 0 atom stereocenters. The molecular weight excluding hydrogens is 284 g/mol. The summed E-state index contributed by atoms with van der Waals surface area (Å²) in [5, 5.41) is 15.1. The van der Waals surface area contributed by atoms with Crippen LogP contribution in [0.5, 0.6) is 0 Å². The molecule has 7 heteroatoms. The molecular formula is C14H20N6S. The van der Waals surface area contributed by atoms with Crippen LogP contribution < -0.4 is 10.6 Å². The number of aromatic nitrogens is 3. The fraction of sp³-hybridized carbons (Fsp3) is 0.500. The standard InChI is InChI=1S/C14H20N6S/c1-10-5-6-11(21-10)8-16-14(15-2)17-9-13-19-18-12-4-3-7-20(12)13/h5-6H,3-4,7-9H2,1-2H3,(H2,15,16,17). The average molecular weight is 304 g/mol. The van der Waals surface area contributed by atoms with Gasteiger partial charge in [0.2, 0.25) is 0 Å². The Morgan fingerprint density at radius 2 is 2.19 bits per heavy atom. The SMILES string of the molecule is CN=C(NCc1ccc(C)s1)NCc1nnc2n1CCC2. The van der Waals surface area contributed by atoms with Crippen LogP contribution in [0.2, 0.25) is 0 Å². The summed E-state index contributed by atoms with van der Waals surface area (Å²) in [4.78, 5) is 6.88. The molecule has 3 heterocycles. The Bertz CT molecular complexity index is 642. The summed E-state index contributed by atoms with van der Waals surface area (Å²) >= 11 is 1.80. The number of rotatable bonds is 4. The molecule has 0 amide bonds. The van der Waals surface area contributed by atoms with Crippen molar-refractivity contribution in [2.75, 3.05) is 7.05 Å². The minimum atomic E-state index is 0.649. The zero-order valence-corrected chi connectivity index (χ0v) is 13.2. The Morgan fingerprint density at radius 1 is 1.33 bits per heavy atom. The first-order valence-electron chi connectivity index (χ1n) is 7.17. The topological polar surface area (TPSA) is 67.1 Å². The molecule has 0 unspecified atom stereocenters.